The zero-order valence-electron chi connectivity index (χ0n) is 30.5. The van der Waals surface area contributed by atoms with Crippen LogP contribution in [0.3, 0.4) is 0 Å². The van der Waals surface area contributed by atoms with E-state index in [1.54, 1.807) is 0 Å². The summed E-state index contributed by atoms with van der Waals surface area (Å²) in [4.78, 5) is 5.60. The van der Waals surface area contributed by atoms with Crippen molar-refractivity contribution in [2.75, 3.05) is 0 Å². The van der Waals surface area contributed by atoms with Gasteiger partial charge in [0.15, 0.2) is 0 Å². The van der Waals surface area contributed by atoms with Gasteiger partial charge < -0.3 is 0 Å². The highest BCUT2D eigenvalue weighted by molar-refractivity contribution is 6.27. The predicted molar refractivity (Wildman–Crippen MR) is 241 cm³/mol. The van der Waals surface area contributed by atoms with Crippen molar-refractivity contribution in [1.82, 2.24) is 4.98 Å². The minimum absolute atomic E-state index is 0.965. The van der Waals surface area contributed by atoms with Crippen LogP contribution in [0.15, 0.2) is 200 Å². The maximum atomic E-state index is 5.60. The Morgan fingerprint density at radius 3 is 1.11 bits per heavy atom. The number of aromatic nitrogens is 1. The Bertz CT molecular complexity index is 3510. The summed E-state index contributed by atoms with van der Waals surface area (Å²) < 4.78 is 0. The Morgan fingerprint density at radius 1 is 0.214 bits per heavy atom. The van der Waals surface area contributed by atoms with Gasteiger partial charge in [0.2, 0.25) is 0 Å². The van der Waals surface area contributed by atoms with Crippen molar-refractivity contribution >= 4 is 86.3 Å². The maximum Gasteiger partial charge on any atom is 0.0794 e. The second-order valence-corrected chi connectivity index (χ2v) is 15.0. The van der Waals surface area contributed by atoms with E-state index < -0.39 is 0 Å². The molecular weight excluding hydrogens is 675 g/mol. The van der Waals surface area contributed by atoms with E-state index in [9.17, 15) is 0 Å². The Balaban J connectivity index is 1.19. The van der Waals surface area contributed by atoms with E-state index in [0.29, 0.717) is 0 Å². The molecule has 12 aromatic rings. The fourth-order valence-corrected chi connectivity index (χ4v) is 9.44. The molecule has 0 saturated carbocycles. The number of benzene rings is 11. The fourth-order valence-electron chi connectivity index (χ4n) is 9.44. The second-order valence-electron chi connectivity index (χ2n) is 15.0. The molecule has 0 atom stereocenters. The lowest BCUT2D eigenvalue weighted by molar-refractivity contribution is 1.41. The van der Waals surface area contributed by atoms with Crippen LogP contribution in [0.4, 0.5) is 0 Å². The SMILES string of the molecule is c1ccc(-c2cc3c(-c4ccc5c6ccccc6c6ccccc6c5c4)cc(-c4ccc5c6ccccc6c6ccccc6c5c4)nc3c3ccccc23)cc1. The maximum absolute atomic E-state index is 5.60. The molecule has 0 unspecified atom stereocenters. The lowest BCUT2D eigenvalue weighted by Crippen LogP contribution is -1.94. The van der Waals surface area contributed by atoms with Crippen molar-refractivity contribution in [2.24, 2.45) is 0 Å². The first-order valence-corrected chi connectivity index (χ1v) is 19.4. The molecule has 258 valence electrons. The number of rotatable bonds is 3. The van der Waals surface area contributed by atoms with Gasteiger partial charge in [-0.25, -0.2) is 4.98 Å². The molecule has 1 aromatic heterocycles. The molecule has 1 heterocycles. The summed E-state index contributed by atoms with van der Waals surface area (Å²) in [6.07, 6.45) is 0. The van der Waals surface area contributed by atoms with E-state index in [1.807, 2.05) is 0 Å². The van der Waals surface area contributed by atoms with Gasteiger partial charge in [-0.3, -0.25) is 0 Å². The van der Waals surface area contributed by atoms with Gasteiger partial charge in [0.05, 0.1) is 11.2 Å². The molecule has 0 fully saturated rings. The van der Waals surface area contributed by atoms with Crippen molar-refractivity contribution in [3.05, 3.63) is 200 Å². The quantitative estimate of drug-likeness (QED) is 0.167. The van der Waals surface area contributed by atoms with E-state index in [4.69, 9.17) is 4.98 Å². The van der Waals surface area contributed by atoms with Gasteiger partial charge in [0, 0.05) is 16.3 Å². The van der Waals surface area contributed by atoms with Crippen LogP contribution in [0.25, 0.3) is 120 Å². The lowest BCUT2D eigenvalue weighted by atomic mass is 9.88. The summed E-state index contributed by atoms with van der Waals surface area (Å²) in [5, 5.41) is 18.7. The first kappa shape index (κ1) is 31.0. The number of nitrogens with zero attached hydrogens (tertiary/aromatic N) is 1. The van der Waals surface area contributed by atoms with Crippen molar-refractivity contribution in [3.63, 3.8) is 0 Å². The van der Waals surface area contributed by atoms with Gasteiger partial charge in [0.1, 0.15) is 0 Å². The topological polar surface area (TPSA) is 12.9 Å². The summed E-state index contributed by atoms with van der Waals surface area (Å²) >= 11 is 0. The molecule has 0 bridgehead atoms. The third kappa shape index (κ3) is 4.58. The predicted octanol–water partition coefficient (Wildman–Crippen LogP) is 15.3. The normalized spacial score (nSPS) is 11.9. The van der Waals surface area contributed by atoms with Gasteiger partial charge in [-0.05, 0) is 117 Å². The highest BCUT2D eigenvalue weighted by Crippen LogP contribution is 2.44. The highest BCUT2D eigenvalue weighted by Gasteiger charge is 2.18. The van der Waals surface area contributed by atoms with Crippen LogP contribution in [-0.4, -0.2) is 4.98 Å². The minimum atomic E-state index is 0.965. The van der Waals surface area contributed by atoms with Crippen LogP contribution < -0.4 is 0 Å². The van der Waals surface area contributed by atoms with Crippen LogP contribution in [-0.2, 0) is 0 Å². The van der Waals surface area contributed by atoms with Crippen molar-refractivity contribution in [3.8, 4) is 33.5 Å². The zero-order chi connectivity index (χ0) is 36.7. The average Bonchev–Trinajstić information content (AvgIpc) is 3.28. The van der Waals surface area contributed by atoms with Crippen molar-refractivity contribution < 1.29 is 0 Å². The van der Waals surface area contributed by atoms with E-state index in [0.717, 1.165) is 27.5 Å². The Hall–Kier alpha value is -7.35. The molecule has 0 N–H and O–H groups in total. The molecule has 0 amide bonds. The third-order valence-corrected chi connectivity index (χ3v) is 12.0. The van der Waals surface area contributed by atoms with Crippen LogP contribution in [0, 0.1) is 0 Å². The van der Waals surface area contributed by atoms with Crippen LogP contribution in [0.1, 0.15) is 0 Å². The Morgan fingerprint density at radius 2 is 0.589 bits per heavy atom. The number of fused-ring (bicyclic) bond motifs is 15. The van der Waals surface area contributed by atoms with Crippen molar-refractivity contribution in [2.45, 2.75) is 0 Å². The minimum Gasteiger partial charge on any atom is -0.247 e. The summed E-state index contributed by atoms with van der Waals surface area (Å²) in [6, 6.07) is 73.5. The molecule has 56 heavy (non-hydrogen) atoms. The largest absolute Gasteiger partial charge is 0.247 e. The molecular formula is C55H33N. The van der Waals surface area contributed by atoms with Gasteiger partial charge in [0.25, 0.3) is 0 Å². The molecule has 1 heteroatoms. The van der Waals surface area contributed by atoms with Gasteiger partial charge in [-0.15, -0.1) is 0 Å². The second kappa shape index (κ2) is 12.1. The van der Waals surface area contributed by atoms with E-state index in [2.05, 4.69) is 200 Å². The molecule has 1 nitrogen and oxygen atoms in total. The molecule has 0 saturated heterocycles. The number of hydrogen-bond acceptors (Lipinski definition) is 1. The molecule has 11 aromatic carbocycles. The molecule has 0 spiro atoms. The summed E-state index contributed by atoms with van der Waals surface area (Å²) in [5.41, 5.74) is 7.85. The monoisotopic (exact) mass is 707 g/mol. The number of hydrogen-bond donors (Lipinski definition) is 0. The van der Waals surface area contributed by atoms with E-state index in [-0.39, 0.29) is 0 Å². The van der Waals surface area contributed by atoms with Crippen LogP contribution in [0.5, 0.6) is 0 Å². The third-order valence-electron chi connectivity index (χ3n) is 12.0. The molecule has 0 radical (unpaired) electrons. The zero-order valence-corrected chi connectivity index (χ0v) is 30.5. The molecule has 0 aliphatic heterocycles. The van der Waals surface area contributed by atoms with Gasteiger partial charge in [-0.1, -0.05) is 176 Å². The molecule has 12 rings (SSSR count). The Labute approximate surface area is 323 Å². The number of pyridine rings is 1. The fraction of sp³-hybridized carbons (Fsp3) is 0. The summed E-state index contributed by atoms with van der Waals surface area (Å²) in [7, 11) is 0. The smallest absolute Gasteiger partial charge is 0.0794 e. The van der Waals surface area contributed by atoms with Crippen molar-refractivity contribution in [1.29, 1.82) is 0 Å². The highest BCUT2D eigenvalue weighted by atomic mass is 14.7. The van der Waals surface area contributed by atoms with E-state index >= 15 is 0 Å². The molecule has 0 aliphatic rings. The van der Waals surface area contributed by atoms with Gasteiger partial charge >= 0.3 is 0 Å². The Kier molecular flexibility index (Phi) is 6.70. The van der Waals surface area contributed by atoms with Crippen LogP contribution in [0.2, 0.25) is 0 Å². The molecule has 0 aliphatic carbocycles. The lowest BCUT2D eigenvalue weighted by Gasteiger charge is -2.17. The average molecular weight is 708 g/mol. The van der Waals surface area contributed by atoms with Gasteiger partial charge in [-0.2, -0.15) is 0 Å². The first-order valence-electron chi connectivity index (χ1n) is 19.4. The van der Waals surface area contributed by atoms with Crippen LogP contribution >= 0.6 is 0 Å². The first-order chi connectivity index (χ1) is 27.8. The van der Waals surface area contributed by atoms with E-state index in [1.165, 1.54) is 92.3 Å². The summed E-state index contributed by atoms with van der Waals surface area (Å²) in [6.45, 7) is 0. The standard InChI is InChI=1S/C55H33N/c1-2-14-34(15-3-1)49-32-53-50(35-26-28-46-41-20-6-4-16-37(41)39-18-8-10-22-43(39)51(46)30-35)33-54(56-55(53)48-25-13-12-24-45(48)49)36-27-29-47-42-21-7-5-17-38(42)40-19-9-11-23-44(40)52(47)31-36/h1-33H. The summed E-state index contributed by atoms with van der Waals surface area (Å²) in [5.74, 6) is 0.